The molecule has 24 heavy (non-hydrogen) atoms. The second kappa shape index (κ2) is 8.61. The number of hydrogen-bond acceptors (Lipinski definition) is 3. The average Bonchev–Trinajstić information content (AvgIpc) is 2.45. The maximum Gasteiger partial charge on any atom is 0.242 e. The summed E-state index contributed by atoms with van der Waals surface area (Å²) in [5.41, 5.74) is 0. The predicted octanol–water partition coefficient (Wildman–Crippen LogP) is 3.52. The van der Waals surface area contributed by atoms with Crippen molar-refractivity contribution in [1.82, 2.24) is 9.62 Å². The Labute approximate surface area is 149 Å². The molecule has 0 bridgehead atoms. The third kappa shape index (κ3) is 5.69. The largest absolute Gasteiger partial charge is 0.303 e. The van der Waals surface area contributed by atoms with Gasteiger partial charge in [-0.2, -0.15) is 0 Å². The maximum atomic E-state index is 13.0. The molecule has 0 spiro atoms. The predicted molar refractivity (Wildman–Crippen MR) is 95.2 cm³/mol. The van der Waals surface area contributed by atoms with Crippen LogP contribution in [0.5, 0.6) is 0 Å². The van der Waals surface area contributed by atoms with E-state index in [0.717, 1.165) is 56.4 Å². The lowest BCUT2D eigenvalue weighted by Crippen LogP contribution is -2.39. The monoisotopic (exact) mass is 376 g/mol. The van der Waals surface area contributed by atoms with E-state index in [1.54, 1.807) is 0 Å². The van der Waals surface area contributed by atoms with E-state index in [4.69, 9.17) is 11.6 Å². The second-order valence-corrected chi connectivity index (χ2v) is 9.03. The minimum absolute atomic E-state index is 0.0794. The number of halogens is 2. The summed E-state index contributed by atoms with van der Waals surface area (Å²) >= 11 is 5.82. The van der Waals surface area contributed by atoms with Crippen LogP contribution in [0.25, 0.3) is 0 Å². The van der Waals surface area contributed by atoms with E-state index in [2.05, 4.69) is 23.5 Å². The van der Waals surface area contributed by atoms with Crippen molar-refractivity contribution in [3.05, 3.63) is 29.0 Å². The van der Waals surface area contributed by atoms with E-state index in [0.29, 0.717) is 6.54 Å². The number of nitrogens with zero attached hydrogens (tertiary/aromatic N) is 1. The van der Waals surface area contributed by atoms with E-state index >= 15 is 0 Å². The normalized spacial score (nSPS) is 22.7. The Balaban J connectivity index is 1.75. The van der Waals surface area contributed by atoms with Crippen LogP contribution in [0.15, 0.2) is 23.1 Å². The molecule has 1 aromatic rings. The van der Waals surface area contributed by atoms with E-state index in [1.165, 1.54) is 12.5 Å². The van der Waals surface area contributed by atoms with Crippen LogP contribution in [0.2, 0.25) is 5.02 Å². The lowest BCUT2D eigenvalue weighted by atomic mass is 9.92. The molecule has 0 aromatic heterocycles. The summed E-state index contributed by atoms with van der Waals surface area (Å²) < 4.78 is 39.9. The number of rotatable bonds is 7. The minimum Gasteiger partial charge on any atom is -0.303 e. The summed E-state index contributed by atoms with van der Waals surface area (Å²) in [6.07, 6.45) is 2.99. The fraction of sp³-hybridized carbons (Fsp3) is 0.647. The van der Waals surface area contributed by atoms with Crippen LogP contribution in [0.3, 0.4) is 0 Å². The molecule has 1 aliphatic heterocycles. The van der Waals surface area contributed by atoms with Gasteiger partial charge in [0.2, 0.25) is 10.0 Å². The van der Waals surface area contributed by atoms with Crippen LogP contribution < -0.4 is 4.72 Å². The lowest BCUT2D eigenvalue weighted by Gasteiger charge is -2.34. The molecule has 4 nitrogen and oxygen atoms in total. The Morgan fingerprint density at radius 1 is 1.25 bits per heavy atom. The molecule has 1 heterocycles. The quantitative estimate of drug-likeness (QED) is 0.741. The van der Waals surface area contributed by atoms with Gasteiger partial charge in [0.1, 0.15) is 10.7 Å². The maximum absolute atomic E-state index is 13.0. The number of piperidine rings is 1. The van der Waals surface area contributed by atoms with Crippen molar-refractivity contribution in [2.24, 2.45) is 11.8 Å². The molecular weight excluding hydrogens is 351 g/mol. The number of nitrogens with one attached hydrogen (secondary N) is 1. The minimum atomic E-state index is -3.69. The van der Waals surface area contributed by atoms with Gasteiger partial charge < -0.3 is 4.90 Å². The molecule has 2 atom stereocenters. The van der Waals surface area contributed by atoms with Gasteiger partial charge in [0.15, 0.2) is 0 Å². The van der Waals surface area contributed by atoms with Gasteiger partial charge in [-0.3, -0.25) is 0 Å². The number of unbranched alkanes of at least 4 members (excludes halogenated alkanes) is 1. The van der Waals surface area contributed by atoms with Gasteiger partial charge in [-0.1, -0.05) is 25.4 Å². The highest BCUT2D eigenvalue weighted by atomic mass is 35.5. The molecule has 7 heteroatoms. The van der Waals surface area contributed by atoms with Crippen molar-refractivity contribution >= 4 is 21.6 Å². The van der Waals surface area contributed by atoms with Gasteiger partial charge in [-0.25, -0.2) is 17.5 Å². The van der Waals surface area contributed by atoms with Gasteiger partial charge in [0.25, 0.3) is 0 Å². The van der Waals surface area contributed by atoms with Crippen LogP contribution in [0.1, 0.15) is 33.1 Å². The van der Waals surface area contributed by atoms with Crippen molar-refractivity contribution in [1.29, 1.82) is 0 Å². The zero-order valence-electron chi connectivity index (χ0n) is 14.3. The summed E-state index contributed by atoms with van der Waals surface area (Å²) in [4.78, 5) is 2.38. The molecule has 0 amide bonds. The highest BCUT2D eigenvalue weighted by Gasteiger charge is 2.21. The zero-order valence-corrected chi connectivity index (χ0v) is 15.8. The zero-order chi connectivity index (χ0) is 17.7. The van der Waals surface area contributed by atoms with Crippen molar-refractivity contribution in [3.63, 3.8) is 0 Å². The first kappa shape index (κ1) is 19.6. The van der Waals surface area contributed by atoms with E-state index in [1.807, 2.05) is 0 Å². The topological polar surface area (TPSA) is 49.4 Å². The van der Waals surface area contributed by atoms with Crippen molar-refractivity contribution in [2.75, 3.05) is 26.2 Å². The van der Waals surface area contributed by atoms with Gasteiger partial charge in [0, 0.05) is 19.6 Å². The van der Waals surface area contributed by atoms with Crippen molar-refractivity contribution in [2.45, 2.75) is 38.0 Å². The van der Waals surface area contributed by atoms with Gasteiger partial charge in [0.05, 0.1) is 5.02 Å². The molecule has 1 aliphatic rings. The number of hydrogen-bond donors (Lipinski definition) is 1. The summed E-state index contributed by atoms with van der Waals surface area (Å²) in [5.74, 6) is 0.907. The third-order valence-corrected chi connectivity index (χ3v) is 6.27. The van der Waals surface area contributed by atoms with Crippen LogP contribution in [-0.4, -0.2) is 39.5 Å². The SMILES string of the molecule is C[C@@H]1C[C@@H](C)CN(CCCCNS(=O)(=O)c2ccc(F)cc2Cl)C1. The lowest BCUT2D eigenvalue weighted by molar-refractivity contribution is 0.139. The first-order valence-electron chi connectivity index (χ1n) is 8.45. The smallest absolute Gasteiger partial charge is 0.242 e. The molecule has 0 unspecified atom stereocenters. The Morgan fingerprint density at radius 3 is 2.54 bits per heavy atom. The first-order valence-corrected chi connectivity index (χ1v) is 10.3. The average molecular weight is 377 g/mol. The van der Waals surface area contributed by atoms with Crippen molar-refractivity contribution in [3.8, 4) is 0 Å². The highest BCUT2D eigenvalue weighted by molar-refractivity contribution is 7.89. The Hall–Kier alpha value is -0.690. The summed E-state index contributed by atoms with van der Waals surface area (Å²) in [6, 6.07) is 3.30. The number of likely N-dealkylation sites (tertiary alicyclic amines) is 1. The van der Waals surface area contributed by atoms with E-state index < -0.39 is 15.8 Å². The first-order chi connectivity index (χ1) is 11.3. The van der Waals surface area contributed by atoms with Crippen LogP contribution >= 0.6 is 11.6 Å². The fourth-order valence-electron chi connectivity index (χ4n) is 3.41. The number of sulfonamides is 1. The van der Waals surface area contributed by atoms with E-state index in [9.17, 15) is 12.8 Å². The Kier molecular flexibility index (Phi) is 7.04. The highest BCUT2D eigenvalue weighted by Crippen LogP contribution is 2.22. The standard InChI is InChI=1S/C17H26ClFN2O2S/c1-13-9-14(2)12-21(11-13)8-4-3-7-20-24(22,23)17-6-5-15(19)10-16(17)18/h5-6,10,13-14,20H,3-4,7-9,11-12H2,1-2H3/t13-,14-/m1/s1. The molecule has 0 aliphatic carbocycles. The molecule has 1 saturated heterocycles. The molecule has 0 radical (unpaired) electrons. The van der Waals surface area contributed by atoms with Gasteiger partial charge in [-0.15, -0.1) is 0 Å². The second-order valence-electron chi connectivity index (χ2n) is 6.89. The Bertz CT molecular complexity index is 644. The van der Waals surface area contributed by atoms with Gasteiger partial charge >= 0.3 is 0 Å². The summed E-state index contributed by atoms with van der Waals surface area (Å²) in [7, 11) is -3.69. The molecule has 1 aromatic carbocycles. The van der Waals surface area contributed by atoms with Crippen LogP contribution in [0, 0.1) is 17.7 Å². The molecule has 1 N–H and O–H groups in total. The molecule has 1 fully saturated rings. The molecule has 136 valence electrons. The summed E-state index contributed by atoms with van der Waals surface area (Å²) in [6.45, 7) is 8.16. The third-order valence-electron chi connectivity index (χ3n) is 4.32. The Morgan fingerprint density at radius 2 is 1.92 bits per heavy atom. The van der Waals surface area contributed by atoms with Gasteiger partial charge in [-0.05, 0) is 55.8 Å². The molecular formula is C17H26ClFN2O2S. The fourth-order valence-corrected chi connectivity index (χ4v) is 5.02. The van der Waals surface area contributed by atoms with E-state index in [-0.39, 0.29) is 9.92 Å². The van der Waals surface area contributed by atoms with Crippen molar-refractivity contribution < 1.29 is 12.8 Å². The summed E-state index contributed by atoms with van der Waals surface area (Å²) in [5, 5.41) is -0.0983. The molecule has 2 rings (SSSR count). The van der Waals surface area contributed by atoms with Crippen LogP contribution in [0.4, 0.5) is 4.39 Å². The molecule has 0 saturated carbocycles. The number of benzene rings is 1. The van der Waals surface area contributed by atoms with Crippen LogP contribution in [-0.2, 0) is 10.0 Å².